The van der Waals surface area contributed by atoms with Gasteiger partial charge in [0.25, 0.3) is 5.91 Å². The van der Waals surface area contributed by atoms with Crippen LogP contribution in [0.3, 0.4) is 0 Å². The molecule has 1 aliphatic rings. The molecule has 6 heteroatoms. The molecule has 1 aliphatic heterocycles. The number of pyridine rings is 1. The van der Waals surface area contributed by atoms with Gasteiger partial charge in [0.1, 0.15) is 11.4 Å². The van der Waals surface area contributed by atoms with Crippen molar-refractivity contribution >= 4 is 16.8 Å². The van der Waals surface area contributed by atoms with Crippen LogP contribution in [0.1, 0.15) is 10.5 Å². The van der Waals surface area contributed by atoms with E-state index < -0.39 is 0 Å². The SMILES string of the molecule is CN1CCN(C(=O)c2cc(Oc3cccc4ccn(C)c34)ccn2)CC1. The van der Waals surface area contributed by atoms with E-state index in [4.69, 9.17) is 4.74 Å². The lowest BCUT2D eigenvalue weighted by Gasteiger charge is -2.32. The van der Waals surface area contributed by atoms with E-state index in [9.17, 15) is 4.79 Å². The predicted octanol–water partition coefficient (Wildman–Crippen LogP) is 2.75. The number of amides is 1. The molecule has 0 atom stereocenters. The third-order valence-corrected chi connectivity index (χ3v) is 4.83. The van der Waals surface area contributed by atoms with Crippen LogP contribution >= 0.6 is 0 Å². The highest BCUT2D eigenvalue weighted by Crippen LogP contribution is 2.30. The second kappa shape index (κ2) is 6.80. The zero-order valence-corrected chi connectivity index (χ0v) is 15.1. The van der Waals surface area contributed by atoms with E-state index in [1.54, 1.807) is 18.3 Å². The number of aromatic nitrogens is 2. The van der Waals surface area contributed by atoms with Gasteiger partial charge in [-0.15, -0.1) is 0 Å². The first-order valence-electron chi connectivity index (χ1n) is 8.77. The van der Waals surface area contributed by atoms with Crippen LogP contribution in [0.5, 0.6) is 11.5 Å². The van der Waals surface area contributed by atoms with Crippen LogP contribution in [0.15, 0.2) is 48.8 Å². The number of benzene rings is 1. The van der Waals surface area contributed by atoms with Gasteiger partial charge in [-0.3, -0.25) is 9.78 Å². The molecule has 0 spiro atoms. The van der Waals surface area contributed by atoms with Crippen molar-refractivity contribution in [2.45, 2.75) is 0 Å². The molecule has 1 fully saturated rings. The first-order valence-corrected chi connectivity index (χ1v) is 8.77. The molecule has 0 unspecified atom stereocenters. The number of aryl methyl sites for hydroxylation is 1. The van der Waals surface area contributed by atoms with E-state index in [-0.39, 0.29) is 5.91 Å². The first-order chi connectivity index (χ1) is 12.6. The number of carbonyl (C=O) groups excluding carboxylic acids is 1. The number of piperazine rings is 1. The summed E-state index contributed by atoms with van der Waals surface area (Å²) in [5.41, 5.74) is 1.45. The molecule has 4 rings (SSSR count). The molecule has 134 valence electrons. The molecule has 3 heterocycles. The maximum absolute atomic E-state index is 12.7. The minimum Gasteiger partial charge on any atom is -0.455 e. The molecule has 3 aromatic rings. The number of fused-ring (bicyclic) bond motifs is 1. The molecule has 1 saturated heterocycles. The van der Waals surface area contributed by atoms with Crippen molar-refractivity contribution < 1.29 is 9.53 Å². The number of carbonyl (C=O) groups is 1. The van der Waals surface area contributed by atoms with Crippen LogP contribution < -0.4 is 4.74 Å². The smallest absolute Gasteiger partial charge is 0.272 e. The van der Waals surface area contributed by atoms with Crippen molar-refractivity contribution in [3.8, 4) is 11.5 Å². The lowest BCUT2D eigenvalue weighted by molar-refractivity contribution is 0.0658. The summed E-state index contributed by atoms with van der Waals surface area (Å²) in [4.78, 5) is 21.0. The fourth-order valence-electron chi connectivity index (χ4n) is 3.29. The number of rotatable bonds is 3. The van der Waals surface area contributed by atoms with E-state index in [2.05, 4.69) is 29.1 Å². The van der Waals surface area contributed by atoms with Gasteiger partial charge in [0.2, 0.25) is 0 Å². The maximum Gasteiger partial charge on any atom is 0.272 e. The Morgan fingerprint density at radius 2 is 1.88 bits per heavy atom. The molecule has 1 amide bonds. The number of hydrogen-bond acceptors (Lipinski definition) is 4. The minimum absolute atomic E-state index is 0.0411. The second-order valence-electron chi connectivity index (χ2n) is 6.69. The summed E-state index contributed by atoms with van der Waals surface area (Å²) in [5, 5.41) is 1.12. The van der Waals surface area contributed by atoms with Crippen molar-refractivity contribution in [2.75, 3.05) is 33.2 Å². The van der Waals surface area contributed by atoms with Gasteiger partial charge in [-0.1, -0.05) is 12.1 Å². The van der Waals surface area contributed by atoms with Crippen LogP contribution in [0, 0.1) is 0 Å². The quantitative estimate of drug-likeness (QED) is 0.729. The fourth-order valence-corrected chi connectivity index (χ4v) is 3.29. The molecule has 1 aromatic carbocycles. The zero-order valence-electron chi connectivity index (χ0n) is 15.1. The van der Waals surface area contributed by atoms with Crippen LogP contribution in [-0.2, 0) is 7.05 Å². The molecule has 6 nitrogen and oxygen atoms in total. The molecular formula is C20H22N4O2. The number of likely N-dealkylation sites (N-methyl/N-ethyl adjacent to an activating group) is 1. The summed E-state index contributed by atoms with van der Waals surface area (Å²) in [6, 6.07) is 11.5. The molecule has 0 aliphatic carbocycles. The van der Waals surface area contributed by atoms with E-state index in [0.29, 0.717) is 11.4 Å². The van der Waals surface area contributed by atoms with Gasteiger partial charge in [-0.2, -0.15) is 0 Å². The average molecular weight is 350 g/mol. The summed E-state index contributed by atoms with van der Waals surface area (Å²) < 4.78 is 8.12. The molecule has 0 saturated carbocycles. The van der Waals surface area contributed by atoms with Crippen molar-refractivity contribution in [3.05, 3.63) is 54.5 Å². The Morgan fingerprint density at radius 3 is 2.69 bits per heavy atom. The van der Waals surface area contributed by atoms with Gasteiger partial charge in [0.05, 0.1) is 5.52 Å². The number of hydrogen-bond donors (Lipinski definition) is 0. The van der Waals surface area contributed by atoms with Gasteiger partial charge in [0, 0.05) is 57.1 Å². The largest absolute Gasteiger partial charge is 0.455 e. The van der Waals surface area contributed by atoms with Gasteiger partial charge >= 0.3 is 0 Å². The van der Waals surface area contributed by atoms with Gasteiger partial charge in [0.15, 0.2) is 5.75 Å². The molecule has 0 N–H and O–H groups in total. The highest BCUT2D eigenvalue weighted by atomic mass is 16.5. The standard InChI is InChI=1S/C20H22N4O2/c1-22-10-12-24(13-11-22)20(25)17-14-16(6-8-21-17)26-18-5-3-4-15-7-9-23(2)19(15)18/h3-9,14H,10-13H2,1-2H3. The second-order valence-corrected chi connectivity index (χ2v) is 6.69. The summed E-state index contributed by atoms with van der Waals surface area (Å²) in [6.07, 6.45) is 3.64. The third-order valence-electron chi connectivity index (χ3n) is 4.83. The Labute approximate surface area is 152 Å². The number of nitrogens with zero attached hydrogens (tertiary/aromatic N) is 4. The van der Waals surface area contributed by atoms with Gasteiger partial charge < -0.3 is 19.1 Å². The van der Waals surface area contributed by atoms with Gasteiger partial charge in [-0.25, -0.2) is 0 Å². The van der Waals surface area contributed by atoms with Crippen LogP contribution in [0.4, 0.5) is 0 Å². The highest BCUT2D eigenvalue weighted by Gasteiger charge is 2.21. The molecule has 26 heavy (non-hydrogen) atoms. The van der Waals surface area contributed by atoms with Crippen molar-refractivity contribution in [2.24, 2.45) is 7.05 Å². The van der Waals surface area contributed by atoms with Crippen molar-refractivity contribution in [1.29, 1.82) is 0 Å². The third kappa shape index (κ3) is 3.15. The lowest BCUT2D eigenvalue weighted by atomic mass is 10.2. The van der Waals surface area contributed by atoms with E-state index in [1.165, 1.54) is 0 Å². The Bertz CT molecular complexity index is 942. The average Bonchev–Trinajstić information content (AvgIpc) is 3.04. The molecule has 2 aromatic heterocycles. The number of ether oxygens (including phenoxy) is 1. The Hall–Kier alpha value is -2.86. The summed E-state index contributed by atoms with van der Waals surface area (Å²) in [6.45, 7) is 3.23. The van der Waals surface area contributed by atoms with E-state index in [0.717, 1.165) is 42.8 Å². The minimum atomic E-state index is -0.0411. The first kappa shape index (κ1) is 16.6. The monoisotopic (exact) mass is 350 g/mol. The van der Waals surface area contributed by atoms with E-state index in [1.807, 2.05) is 34.8 Å². The molecule has 0 radical (unpaired) electrons. The molecular weight excluding hydrogens is 328 g/mol. The number of para-hydroxylation sites is 1. The Kier molecular flexibility index (Phi) is 4.34. The Morgan fingerprint density at radius 1 is 1.08 bits per heavy atom. The van der Waals surface area contributed by atoms with Crippen LogP contribution in [0.2, 0.25) is 0 Å². The fraction of sp³-hybridized carbons (Fsp3) is 0.300. The maximum atomic E-state index is 12.7. The van der Waals surface area contributed by atoms with Crippen molar-refractivity contribution in [3.63, 3.8) is 0 Å². The Balaban J connectivity index is 1.58. The summed E-state index contributed by atoms with van der Waals surface area (Å²) in [7, 11) is 4.06. The van der Waals surface area contributed by atoms with E-state index >= 15 is 0 Å². The zero-order chi connectivity index (χ0) is 18.1. The normalized spacial score (nSPS) is 15.4. The predicted molar refractivity (Wildman–Crippen MR) is 101 cm³/mol. The summed E-state index contributed by atoms with van der Waals surface area (Å²) in [5.74, 6) is 1.34. The van der Waals surface area contributed by atoms with Crippen LogP contribution in [0.25, 0.3) is 10.9 Å². The topological polar surface area (TPSA) is 50.6 Å². The highest BCUT2D eigenvalue weighted by molar-refractivity contribution is 5.93. The summed E-state index contributed by atoms with van der Waals surface area (Å²) >= 11 is 0. The van der Waals surface area contributed by atoms with Gasteiger partial charge in [-0.05, 0) is 25.2 Å². The van der Waals surface area contributed by atoms with Crippen LogP contribution in [-0.4, -0.2) is 58.5 Å². The molecule has 0 bridgehead atoms. The van der Waals surface area contributed by atoms with Crippen molar-refractivity contribution in [1.82, 2.24) is 19.4 Å². The lowest BCUT2D eigenvalue weighted by Crippen LogP contribution is -2.47.